The van der Waals surface area contributed by atoms with Gasteiger partial charge in [0.05, 0.1) is 0 Å². The predicted octanol–water partition coefficient (Wildman–Crippen LogP) is 2.40. The molecule has 0 spiro atoms. The molecule has 0 amide bonds. The molecule has 0 bridgehead atoms. The Bertz CT molecular complexity index is 151. The molecule has 0 aliphatic rings. The van der Waals surface area contributed by atoms with E-state index in [4.69, 9.17) is 0 Å². The molecule has 3 heteroatoms. The van der Waals surface area contributed by atoms with Crippen molar-refractivity contribution in [2.24, 2.45) is 0 Å². The molecule has 0 radical (unpaired) electrons. The van der Waals surface area contributed by atoms with Crippen molar-refractivity contribution in [3.05, 3.63) is 11.8 Å². The molecule has 0 aromatic carbocycles. The van der Waals surface area contributed by atoms with Gasteiger partial charge in [0.2, 0.25) is 9.12 Å². The first-order chi connectivity index (χ1) is 7.24. The third-order valence-corrected chi connectivity index (χ3v) is 6.49. The number of rotatable bonds is 8. The van der Waals surface area contributed by atoms with Crippen molar-refractivity contribution in [2.45, 2.75) is 41.0 Å². The van der Waals surface area contributed by atoms with Crippen molar-refractivity contribution in [1.82, 2.24) is 9.13 Å². The van der Waals surface area contributed by atoms with Gasteiger partial charge in [0.15, 0.2) is 0 Å². The second-order valence-electron chi connectivity index (χ2n) is 3.69. The Morgan fingerprint density at radius 2 is 1.20 bits per heavy atom. The number of hydrogen-bond donors (Lipinski definition) is 0. The summed E-state index contributed by atoms with van der Waals surface area (Å²) in [6, 6.07) is 0. The molecule has 0 saturated carbocycles. The Hall–Kier alpha value is -0.123. The van der Waals surface area contributed by atoms with E-state index in [1.54, 1.807) is 0 Å². The Morgan fingerprint density at radius 3 is 1.47 bits per heavy atom. The minimum atomic E-state index is -0.995. The molecule has 0 aromatic rings. The van der Waals surface area contributed by atoms with Crippen LogP contribution in [0.5, 0.6) is 0 Å². The van der Waals surface area contributed by atoms with Crippen LogP contribution in [0.25, 0.3) is 0 Å². The van der Waals surface area contributed by atoms with Gasteiger partial charge >= 0.3 is 0 Å². The van der Waals surface area contributed by atoms with Crippen LogP contribution >= 0.6 is 0 Å². The highest BCUT2D eigenvalue weighted by molar-refractivity contribution is 6.58. The van der Waals surface area contributed by atoms with Crippen LogP contribution in [-0.2, 0) is 0 Å². The zero-order valence-electron chi connectivity index (χ0n) is 11.2. The standard InChI is InChI=1S/C12H28N2Si/c1-6-11-12-15(13(7-2)8-3)14(9-4)10-5/h11-12,15H,6-10H2,1-5H3. The van der Waals surface area contributed by atoms with Crippen molar-refractivity contribution < 1.29 is 0 Å². The van der Waals surface area contributed by atoms with Crippen molar-refractivity contribution in [3.63, 3.8) is 0 Å². The zero-order valence-corrected chi connectivity index (χ0v) is 12.3. The Morgan fingerprint density at radius 1 is 0.800 bits per heavy atom. The first kappa shape index (κ1) is 14.9. The summed E-state index contributed by atoms with van der Waals surface area (Å²) in [7, 11) is -0.995. The van der Waals surface area contributed by atoms with Gasteiger partial charge in [-0.25, -0.2) is 0 Å². The maximum Gasteiger partial charge on any atom is 0.215 e. The Balaban J connectivity index is 4.59. The van der Waals surface area contributed by atoms with E-state index in [1.165, 1.54) is 26.2 Å². The molecule has 0 saturated heterocycles. The van der Waals surface area contributed by atoms with E-state index in [2.05, 4.69) is 55.5 Å². The molecule has 0 unspecified atom stereocenters. The van der Waals surface area contributed by atoms with Crippen LogP contribution < -0.4 is 0 Å². The molecule has 0 atom stereocenters. The van der Waals surface area contributed by atoms with Crippen LogP contribution in [0.4, 0.5) is 0 Å². The van der Waals surface area contributed by atoms with Crippen molar-refractivity contribution in [3.8, 4) is 0 Å². The predicted molar refractivity (Wildman–Crippen MR) is 72.4 cm³/mol. The van der Waals surface area contributed by atoms with Gasteiger partial charge < -0.3 is 9.13 Å². The Labute approximate surface area is 97.7 Å². The third kappa shape index (κ3) is 4.95. The fourth-order valence-electron chi connectivity index (χ4n) is 1.93. The van der Waals surface area contributed by atoms with Gasteiger partial charge in [0.1, 0.15) is 0 Å². The molecular weight excluding hydrogens is 200 g/mol. The third-order valence-electron chi connectivity index (χ3n) is 2.92. The van der Waals surface area contributed by atoms with Crippen LogP contribution in [0, 0.1) is 0 Å². The summed E-state index contributed by atoms with van der Waals surface area (Å²) < 4.78 is 5.28. The Kier molecular flexibility index (Phi) is 9.05. The summed E-state index contributed by atoms with van der Waals surface area (Å²) in [4.78, 5) is 0. The molecule has 0 aliphatic carbocycles. The van der Waals surface area contributed by atoms with Crippen LogP contribution in [0.15, 0.2) is 11.8 Å². The minimum absolute atomic E-state index is 0.995. The van der Waals surface area contributed by atoms with Crippen molar-refractivity contribution >= 4 is 9.12 Å². The summed E-state index contributed by atoms with van der Waals surface area (Å²) >= 11 is 0. The number of allylic oxidation sites excluding steroid dienone is 1. The lowest BCUT2D eigenvalue weighted by Gasteiger charge is -2.34. The van der Waals surface area contributed by atoms with E-state index in [0.717, 1.165) is 6.42 Å². The van der Waals surface area contributed by atoms with E-state index in [1.807, 2.05) is 0 Å². The van der Waals surface area contributed by atoms with Crippen LogP contribution in [0.2, 0.25) is 0 Å². The summed E-state index contributed by atoms with van der Waals surface area (Å²) in [5, 5.41) is 0. The van der Waals surface area contributed by atoms with E-state index in [-0.39, 0.29) is 0 Å². The van der Waals surface area contributed by atoms with Crippen molar-refractivity contribution in [1.29, 1.82) is 0 Å². The molecule has 0 aliphatic heterocycles. The molecular formula is C12H28N2Si. The average Bonchev–Trinajstić information content (AvgIpc) is 2.28. The summed E-state index contributed by atoms with van der Waals surface area (Å²) in [5.41, 5.74) is 2.49. The first-order valence-electron chi connectivity index (χ1n) is 6.39. The second kappa shape index (κ2) is 9.13. The molecule has 15 heavy (non-hydrogen) atoms. The number of hydrogen-bond acceptors (Lipinski definition) is 2. The van der Waals surface area contributed by atoms with Gasteiger partial charge in [-0.05, 0) is 32.6 Å². The molecule has 0 fully saturated rings. The van der Waals surface area contributed by atoms with Crippen LogP contribution in [-0.4, -0.2) is 44.4 Å². The van der Waals surface area contributed by atoms with Gasteiger partial charge in [0, 0.05) is 0 Å². The highest BCUT2D eigenvalue weighted by Gasteiger charge is 2.20. The van der Waals surface area contributed by atoms with E-state index in [9.17, 15) is 0 Å². The molecule has 0 heterocycles. The fraction of sp³-hybridized carbons (Fsp3) is 0.833. The lowest BCUT2D eigenvalue weighted by Crippen LogP contribution is -2.51. The van der Waals surface area contributed by atoms with Crippen LogP contribution in [0.3, 0.4) is 0 Å². The topological polar surface area (TPSA) is 6.48 Å². The number of nitrogens with zero attached hydrogens (tertiary/aromatic N) is 2. The first-order valence-corrected chi connectivity index (χ1v) is 8.09. The van der Waals surface area contributed by atoms with E-state index < -0.39 is 9.12 Å². The van der Waals surface area contributed by atoms with Crippen molar-refractivity contribution in [2.75, 3.05) is 26.2 Å². The zero-order chi connectivity index (χ0) is 11.7. The maximum absolute atomic E-state index is 2.64. The van der Waals surface area contributed by atoms with Gasteiger partial charge in [-0.3, -0.25) is 0 Å². The largest absolute Gasteiger partial charge is 0.312 e. The van der Waals surface area contributed by atoms with Crippen LogP contribution in [0.1, 0.15) is 41.0 Å². The van der Waals surface area contributed by atoms with Gasteiger partial charge in [-0.15, -0.1) is 0 Å². The molecule has 0 rings (SSSR count). The van der Waals surface area contributed by atoms with E-state index in [0.29, 0.717) is 0 Å². The molecule has 2 nitrogen and oxygen atoms in total. The van der Waals surface area contributed by atoms with E-state index >= 15 is 0 Å². The lowest BCUT2D eigenvalue weighted by molar-refractivity contribution is 0.387. The fourth-order valence-corrected chi connectivity index (χ4v) is 4.89. The van der Waals surface area contributed by atoms with Gasteiger partial charge in [-0.2, -0.15) is 0 Å². The molecule has 0 N–H and O–H groups in total. The molecule has 90 valence electrons. The average molecular weight is 228 g/mol. The lowest BCUT2D eigenvalue weighted by atomic mass is 10.5. The quantitative estimate of drug-likeness (QED) is 0.589. The van der Waals surface area contributed by atoms with Gasteiger partial charge in [-0.1, -0.05) is 46.4 Å². The SMILES string of the molecule is CCC=C[SiH](N(CC)CC)N(CC)CC. The minimum Gasteiger partial charge on any atom is -0.312 e. The molecule has 0 aromatic heterocycles. The second-order valence-corrected chi connectivity index (χ2v) is 6.37. The summed E-state index contributed by atoms with van der Waals surface area (Å²) in [6.07, 6.45) is 3.50. The maximum atomic E-state index is 2.64. The highest BCUT2D eigenvalue weighted by Crippen LogP contribution is 2.04. The highest BCUT2D eigenvalue weighted by atomic mass is 28.3. The smallest absolute Gasteiger partial charge is 0.215 e. The monoisotopic (exact) mass is 228 g/mol. The van der Waals surface area contributed by atoms with Gasteiger partial charge in [0.25, 0.3) is 0 Å². The summed E-state index contributed by atoms with van der Waals surface area (Å²) in [5.74, 6) is 0. The summed E-state index contributed by atoms with van der Waals surface area (Å²) in [6.45, 7) is 16.0. The normalized spacial score (nSPS) is 12.5.